The maximum absolute atomic E-state index is 4.48. The molecule has 3 heteroatoms. The highest BCUT2D eigenvalue weighted by molar-refractivity contribution is 9.10. The highest BCUT2D eigenvalue weighted by Crippen LogP contribution is 2.36. The molecule has 1 unspecified atom stereocenters. The van der Waals surface area contributed by atoms with Gasteiger partial charge in [-0.2, -0.15) is 0 Å². The summed E-state index contributed by atoms with van der Waals surface area (Å²) < 4.78 is 1.12. The van der Waals surface area contributed by atoms with Crippen LogP contribution in [0.3, 0.4) is 0 Å². The molecule has 1 saturated carbocycles. The molecule has 0 aliphatic heterocycles. The third-order valence-corrected chi connectivity index (χ3v) is 3.93. The second-order valence-electron chi connectivity index (χ2n) is 4.18. The van der Waals surface area contributed by atoms with Crippen molar-refractivity contribution >= 4 is 15.9 Å². The van der Waals surface area contributed by atoms with Gasteiger partial charge in [-0.25, -0.2) is 0 Å². The van der Waals surface area contributed by atoms with Crippen molar-refractivity contribution in [1.82, 2.24) is 10.3 Å². The van der Waals surface area contributed by atoms with Gasteiger partial charge in [0.1, 0.15) is 0 Å². The normalized spacial score (nSPS) is 19.3. The number of pyridine rings is 1. The largest absolute Gasteiger partial charge is 0.311 e. The fourth-order valence-electron chi connectivity index (χ4n) is 2.51. The Hall–Kier alpha value is -0.410. The first kappa shape index (κ1) is 11.1. The molecule has 1 heterocycles. The predicted molar refractivity (Wildman–Crippen MR) is 65.7 cm³/mol. The molecule has 82 valence electrons. The molecule has 0 aromatic carbocycles. The molecule has 2 nitrogen and oxygen atoms in total. The number of nitrogens with one attached hydrogen (secondary N) is 1. The van der Waals surface area contributed by atoms with Crippen LogP contribution >= 0.6 is 15.9 Å². The van der Waals surface area contributed by atoms with Crippen LogP contribution in [0.4, 0.5) is 0 Å². The number of hydrogen-bond acceptors (Lipinski definition) is 2. The SMILES string of the molecule is CNC(c1ncccc1Br)C1CCCC1. The second kappa shape index (κ2) is 5.08. The van der Waals surface area contributed by atoms with Gasteiger partial charge in [0.25, 0.3) is 0 Å². The molecule has 15 heavy (non-hydrogen) atoms. The van der Waals surface area contributed by atoms with Gasteiger partial charge in [0, 0.05) is 10.7 Å². The van der Waals surface area contributed by atoms with Crippen LogP contribution in [0.5, 0.6) is 0 Å². The molecule has 0 spiro atoms. The van der Waals surface area contributed by atoms with Crippen molar-refractivity contribution in [1.29, 1.82) is 0 Å². The molecule has 1 fully saturated rings. The van der Waals surface area contributed by atoms with E-state index in [1.165, 1.54) is 25.7 Å². The van der Waals surface area contributed by atoms with Crippen molar-refractivity contribution < 1.29 is 0 Å². The zero-order valence-electron chi connectivity index (χ0n) is 9.04. The summed E-state index contributed by atoms with van der Waals surface area (Å²) in [4.78, 5) is 4.48. The highest BCUT2D eigenvalue weighted by atomic mass is 79.9. The van der Waals surface area contributed by atoms with Crippen LogP contribution in [-0.4, -0.2) is 12.0 Å². The van der Waals surface area contributed by atoms with Crippen molar-refractivity contribution in [2.75, 3.05) is 7.05 Å². The number of rotatable bonds is 3. The fourth-order valence-corrected chi connectivity index (χ4v) is 3.01. The Balaban J connectivity index is 2.22. The van der Waals surface area contributed by atoms with Crippen molar-refractivity contribution in [3.8, 4) is 0 Å². The van der Waals surface area contributed by atoms with E-state index in [2.05, 4.69) is 32.3 Å². The van der Waals surface area contributed by atoms with Crippen LogP contribution in [0.25, 0.3) is 0 Å². The average molecular weight is 269 g/mol. The molecule has 0 radical (unpaired) electrons. The third-order valence-electron chi connectivity index (χ3n) is 3.26. The molecule has 1 aliphatic carbocycles. The van der Waals surface area contributed by atoms with Crippen LogP contribution < -0.4 is 5.32 Å². The maximum Gasteiger partial charge on any atom is 0.0717 e. The van der Waals surface area contributed by atoms with E-state index >= 15 is 0 Å². The van der Waals surface area contributed by atoms with Crippen LogP contribution in [0, 0.1) is 5.92 Å². The molecule has 2 rings (SSSR count). The first-order chi connectivity index (χ1) is 7.33. The van der Waals surface area contributed by atoms with Crippen LogP contribution in [0.15, 0.2) is 22.8 Å². The van der Waals surface area contributed by atoms with Crippen LogP contribution in [0.1, 0.15) is 37.4 Å². The van der Waals surface area contributed by atoms with E-state index in [1.807, 2.05) is 19.3 Å². The van der Waals surface area contributed by atoms with Gasteiger partial charge < -0.3 is 5.32 Å². The summed E-state index contributed by atoms with van der Waals surface area (Å²) in [6, 6.07) is 4.44. The van der Waals surface area contributed by atoms with Crippen molar-refractivity contribution in [2.45, 2.75) is 31.7 Å². The Labute approximate surface area is 99.6 Å². The van der Waals surface area contributed by atoms with Crippen LogP contribution in [-0.2, 0) is 0 Å². The molecular formula is C12H17BrN2. The first-order valence-electron chi connectivity index (χ1n) is 5.60. The Morgan fingerprint density at radius 2 is 2.20 bits per heavy atom. The average Bonchev–Trinajstić information content (AvgIpc) is 2.75. The lowest BCUT2D eigenvalue weighted by atomic mass is 9.95. The van der Waals surface area contributed by atoms with E-state index in [1.54, 1.807) is 0 Å². The number of aromatic nitrogens is 1. The molecule has 1 aromatic heterocycles. The lowest BCUT2D eigenvalue weighted by molar-refractivity contribution is 0.381. The van der Waals surface area contributed by atoms with Crippen molar-refractivity contribution in [2.24, 2.45) is 5.92 Å². The zero-order chi connectivity index (χ0) is 10.7. The monoisotopic (exact) mass is 268 g/mol. The van der Waals surface area contributed by atoms with E-state index < -0.39 is 0 Å². The topological polar surface area (TPSA) is 24.9 Å². The van der Waals surface area contributed by atoms with Gasteiger partial charge in [0.2, 0.25) is 0 Å². The minimum absolute atomic E-state index is 0.406. The standard InChI is InChI=1S/C12H17BrN2/c1-14-11(9-5-2-3-6-9)12-10(13)7-4-8-15-12/h4,7-9,11,14H,2-3,5-6H2,1H3. The molecule has 1 N–H and O–H groups in total. The summed E-state index contributed by atoms with van der Waals surface area (Å²) in [5.74, 6) is 0.751. The molecule has 1 atom stereocenters. The second-order valence-corrected chi connectivity index (χ2v) is 5.04. The third kappa shape index (κ3) is 2.40. The van der Waals surface area contributed by atoms with Gasteiger partial charge in [-0.05, 0) is 53.9 Å². The summed E-state index contributed by atoms with van der Waals surface area (Å²) in [6.45, 7) is 0. The van der Waals surface area contributed by atoms with E-state index in [-0.39, 0.29) is 0 Å². The summed E-state index contributed by atoms with van der Waals surface area (Å²) >= 11 is 3.58. The smallest absolute Gasteiger partial charge is 0.0717 e. The maximum atomic E-state index is 4.48. The molecule has 0 amide bonds. The van der Waals surface area contributed by atoms with Gasteiger partial charge in [-0.1, -0.05) is 12.8 Å². The minimum atomic E-state index is 0.406. The number of halogens is 1. The Morgan fingerprint density at radius 3 is 2.80 bits per heavy atom. The van der Waals surface area contributed by atoms with E-state index in [0.717, 1.165) is 16.1 Å². The number of nitrogens with zero attached hydrogens (tertiary/aromatic N) is 1. The van der Waals surface area contributed by atoms with E-state index in [4.69, 9.17) is 0 Å². The predicted octanol–water partition coefficient (Wildman–Crippen LogP) is 3.29. The van der Waals surface area contributed by atoms with Gasteiger partial charge in [0.15, 0.2) is 0 Å². The molecule has 0 saturated heterocycles. The molecule has 1 aromatic rings. The lowest BCUT2D eigenvalue weighted by Gasteiger charge is -2.23. The van der Waals surface area contributed by atoms with Gasteiger partial charge in [0.05, 0.1) is 11.7 Å². The quantitative estimate of drug-likeness (QED) is 0.910. The lowest BCUT2D eigenvalue weighted by Crippen LogP contribution is -2.24. The minimum Gasteiger partial charge on any atom is -0.311 e. The highest BCUT2D eigenvalue weighted by Gasteiger charge is 2.27. The summed E-state index contributed by atoms with van der Waals surface area (Å²) in [7, 11) is 2.03. The fraction of sp³-hybridized carbons (Fsp3) is 0.583. The summed E-state index contributed by atoms with van der Waals surface area (Å²) in [6.07, 6.45) is 7.27. The summed E-state index contributed by atoms with van der Waals surface area (Å²) in [5.41, 5.74) is 1.16. The van der Waals surface area contributed by atoms with Gasteiger partial charge in [-0.15, -0.1) is 0 Å². The summed E-state index contributed by atoms with van der Waals surface area (Å²) in [5, 5.41) is 3.41. The first-order valence-corrected chi connectivity index (χ1v) is 6.40. The van der Waals surface area contributed by atoms with Crippen molar-refractivity contribution in [3.05, 3.63) is 28.5 Å². The number of hydrogen-bond donors (Lipinski definition) is 1. The van der Waals surface area contributed by atoms with Crippen LogP contribution in [0.2, 0.25) is 0 Å². The molecular weight excluding hydrogens is 252 g/mol. The van der Waals surface area contributed by atoms with E-state index in [9.17, 15) is 0 Å². The molecule has 1 aliphatic rings. The van der Waals surface area contributed by atoms with E-state index in [0.29, 0.717) is 6.04 Å². The van der Waals surface area contributed by atoms with Gasteiger partial charge >= 0.3 is 0 Å². The Bertz CT molecular complexity index is 321. The Kier molecular flexibility index (Phi) is 3.76. The molecule has 0 bridgehead atoms. The Morgan fingerprint density at radius 1 is 1.47 bits per heavy atom. The van der Waals surface area contributed by atoms with Gasteiger partial charge in [-0.3, -0.25) is 4.98 Å². The zero-order valence-corrected chi connectivity index (χ0v) is 10.6. The van der Waals surface area contributed by atoms with Crippen molar-refractivity contribution in [3.63, 3.8) is 0 Å².